The number of nitriles is 1. The highest BCUT2D eigenvalue weighted by Crippen LogP contribution is 2.22. The first kappa shape index (κ1) is 12.8. The minimum Gasteiger partial charge on any atom is -0.464 e. The van der Waals surface area contributed by atoms with E-state index in [9.17, 15) is 4.79 Å². The number of carbonyl (C=O) groups excluding carboxylic acids is 1. The zero-order valence-corrected chi connectivity index (χ0v) is 9.86. The van der Waals surface area contributed by atoms with Gasteiger partial charge in [-0.15, -0.1) is 0 Å². The van der Waals surface area contributed by atoms with Crippen LogP contribution in [0, 0.1) is 11.3 Å². The predicted molar refractivity (Wildman–Crippen MR) is 65.3 cm³/mol. The fourth-order valence-corrected chi connectivity index (χ4v) is 1.35. The second-order valence-electron chi connectivity index (χ2n) is 3.50. The molecule has 1 aromatic rings. The lowest BCUT2D eigenvalue weighted by Gasteiger charge is -2.15. The van der Waals surface area contributed by atoms with Gasteiger partial charge in [0.2, 0.25) is 0 Å². The Balaban J connectivity index is 2.82. The maximum atomic E-state index is 11.4. The Morgan fingerprint density at radius 1 is 1.65 bits per heavy atom. The molecule has 0 fully saturated rings. The first-order chi connectivity index (χ1) is 8.10. The molecule has 1 atom stereocenters. The summed E-state index contributed by atoms with van der Waals surface area (Å²) in [4.78, 5) is 11.4. The lowest BCUT2D eigenvalue weighted by atomic mass is 10.1. The van der Waals surface area contributed by atoms with E-state index in [-0.39, 0.29) is 5.97 Å². The van der Waals surface area contributed by atoms with E-state index < -0.39 is 6.04 Å². The van der Waals surface area contributed by atoms with E-state index >= 15 is 0 Å². The summed E-state index contributed by atoms with van der Waals surface area (Å²) in [6, 6.07) is 6.51. The van der Waals surface area contributed by atoms with Crippen LogP contribution >= 0.6 is 0 Å². The van der Waals surface area contributed by atoms with Crippen molar-refractivity contribution in [3.63, 3.8) is 0 Å². The molecule has 0 aliphatic heterocycles. The molecule has 0 aliphatic rings. The van der Waals surface area contributed by atoms with E-state index in [0.717, 1.165) is 0 Å². The van der Waals surface area contributed by atoms with Gasteiger partial charge in [-0.3, -0.25) is 0 Å². The van der Waals surface area contributed by atoms with E-state index in [4.69, 9.17) is 15.7 Å². The molecule has 0 radical (unpaired) electrons. The Kier molecular flexibility index (Phi) is 4.35. The summed E-state index contributed by atoms with van der Waals surface area (Å²) in [5, 5.41) is 11.7. The highest BCUT2D eigenvalue weighted by Gasteiger charge is 2.15. The van der Waals surface area contributed by atoms with Gasteiger partial charge in [-0.25, -0.2) is 4.79 Å². The number of nitrogens with one attached hydrogen (secondary N) is 1. The Morgan fingerprint density at radius 2 is 2.35 bits per heavy atom. The van der Waals surface area contributed by atoms with Gasteiger partial charge < -0.3 is 15.8 Å². The smallest absolute Gasteiger partial charge is 0.328 e. The molecule has 0 aromatic heterocycles. The normalized spacial score (nSPS) is 11.4. The van der Waals surface area contributed by atoms with Gasteiger partial charge in [-0.1, -0.05) is 6.07 Å². The van der Waals surface area contributed by atoms with Gasteiger partial charge >= 0.3 is 5.97 Å². The van der Waals surface area contributed by atoms with Crippen LogP contribution in [0.1, 0.15) is 19.4 Å². The maximum Gasteiger partial charge on any atom is 0.328 e. The molecule has 0 spiro atoms. The molecule has 3 N–H and O–H groups in total. The Bertz CT molecular complexity index is 452. The summed E-state index contributed by atoms with van der Waals surface area (Å²) in [6.07, 6.45) is 0. The molecule has 1 aromatic carbocycles. The third-order valence-corrected chi connectivity index (χ3v) is 2.24. The monoisotopic (exact) mass is 233 g/mol. The molecule has 1 unspecified atom stereocenters. The molecule has 0 saturated carbocycles. The Hall–Kier alpha value is -2.22. The number of hydrogen-bond donors (Lipinski definition) is 2. The second-order valence-corrected chi connectivity index (χ2v) is 3.50. The van der Waals surface area contributed by atoms with Crippen molar-refractivity contribution in [3.8, 4) is 6.07 Å². The zero-order chi connectivity index (χ0) is 12.8. The topological polar surface area (TPSA) is 88.1 Å². The number of carbonyl (C=O) groups is 1. The summed E-state index contributed by atoms with van der Waals surface area (Å²) < 4.78 is 4.87. The molecule has 5 heteroatoms. The van der Waals surface area contributed by atoms with Crippen molar-refractivity contribution < 1.29 is 9.53 Å². The van der Waals surface area contributed by atoms with E-state index in [0.29, 0.717) is 23.5 Å². The van der Waals surface area contributed by atoms with Gasteiger partial charge in [0.05, 0.1) is 23.5 Å². The SMILES string of the molecule is CCOC(=O)C(C)Nc1cccc(C#N)c1N. The van der Waals surface area contributed by atoms with Crippen LogP contribution in [0.5, 0.6) is 0 Å². The number of ether oxygens (including phenoxy) is 1. The van der Waals surface area contributed by atoms with Crippen LogP contribution < -0.4 is 11.1 Å². The number of anilines is 2. The summed E-state index contributed by atoms with van der Waals surface area (Å²) in [6.45, 7) is 3.75. The van der Waals surface area contributed by atoms with Crippen LogP contribution in [0.4, 0.5) is 11.4 Å². The fourth-order valence-electron chi connectivity index (χ4n) is 1.35. The number of nitrogens with two attached hydrogens (primary N) is 1. The molecule has 0 aliphatic carbocycles. The van der Waals surface area contributed by atoms with Gasteiger partial charge in [0.25, 0.3) is 0 Å². The highest BCUT2D eigenvalue weighted by atomic mass is 16.5. The van der Waals surface area contributed by atoms with E-state index in [1.807, 2.05) is 6.07 Å². The van der Waals surface area contributed by atoms with Crippen LogP contribution in [-0.2, 0) is 9.53 Å². The number of nitrogens with zero attached hydrogens (tertiary/aromatic N) is 1. The van der Waals surface area contributed by atoms with E-state index in [1.54, 1.807) is 32.0 Å². The zero-order valence-electron chi connectivity index (χ0n) is 9.86. The van der Waals surface area contributed by atoms with Gasteiger partial charge in [0.1, 0.15) is 12.1 Å². The fraction of sp³-hybridized carbons (Fsp3) is 0.333. The quantitative estimate of drug-likeness (QED) is 0.607. The minimum atomic E-state index is -0.508. The number of hydrogen-bond acceptors (Lipinski definition) is 5. The first-order valence-electron chi connectivity index (χ1n) is 5.32. The van der Waals surface area contributed by atoms with Crippen molar-refractivity contribution in [2.75, 3.05) is 17.7 Å². The van der Waals surface area contributed by atoms with Crippen molar-refractivity contribution in [2.45, 2.75) is 19.9 Å². The summed E-state index contributed by atoms with van der Waals surface area (Å²) in [5.41, 5.74) is 7.06. The van der Waals surface area contributed by atoms with Crippen molar-refractivity contribution in [3.05, 3.63) is 23.8 Å². The first-order valence-corrected chi connectivity index (χ1v) is 5.32. The molecule has 17 heavy (non-hydrogen) atoms. The largest absolute Gasteiger partial charge is 0.464 e. The van der Waals surface area contributed by atoms with Crippen molar-refractivity contribution in [2.24, 2.45) is 0 Å². The molecule has 0 heterocycles. The van der Waals surface area contributed by atoms with Crippen molar-refractivity contribution in [1.29, 1.82) is 5.26 Å². The molecule has 90 valence electrons. The van der Waals surface area contributed by atoms with Crippen LogP contribution in [-0.4, -0.2) is 18.6 Å². The highest BCUT2D eigenvalue weighted by molar-refractivity contribution is 5.82. The number of esters is 1. The number of para-hydroxylation sites is 1. The van der Waals surface area contributed by atoms with E-state index in [2.05, 4.69) is 5.32 Å². The molecular weight excluding hydrogens is 218 g/mol. The van der Waals surface area contributed by atoms with Gasteiger partial charge in [-0.05, 0) is 26.0 Å². The van der Waals surface area contributed by atoms with Gasteiger partial charge in [0, 0.05) is 0 Å². The standard InChI is InChI=1S/C12H15N3O2/c1-3-17-12(16)8(2)15-10-6-4-5-9(7-13)11(10)14/h4-6,8,15H,3,14H2,1-2H3. The molecule has 5 nitrogen and oxygen atoms in total. The Labute approximate surface area is 100 Å². The molecule has 0 bridgehead atoms. The maximum absolute atomic E-state index is 11.4. The van der Waals surface area contributed by atoms with Gasteiger partial charge in [0.15, 0.2) is 0 Å². The van der Waals surface area contributed by atoms with E-state index in [1.165, 1.54) is 0 Å². The average molecular weight is 233 g/mol. The molecule has 0 amide bonds. The van der Waals surface area contributed by atoms with Crippen molar-refractivity contribution >= 4 is 17.3 Å². The second kappa shape index (κ2) is 5.75. The molecule has 1 rings (SSSR count). The lowest BCUT2D eigenvalue weighted by molar-refractivity contribution is -0.143. The summed E-state index contributed by atoms with van der Waals surface area (Å²) in [7, 11) is 0. The number of rotatable bonds is 4. The van der Waals surface area contributed by atoms with Gasteiger partial charge in [-0.2, -0.15) is 5.26 Å². The minimum absolute atomic E-state index is 0.332. The lowest BCUT2D eigenvalue weighted by Crippen LogP contribution is -2.28. The average Bonchev–Trinajstić information content (AvgIpc) is 2.32. The predicted octanol–water partition coefficient (Wildman–Crippen LogP) is 1.50. The van der Waals surface area contributed by atoms with Crippen LogP contribution in [0.15, 0.2) is 18.2 Å². The van der Waals surface area contributed by atoms with Crippen LogP contribution in [0.2, 0.25) is 0 Å². The molecular formula is C12H15N3O2. The van der Waals surface area contributed by atoms with Crippen LogP contribution in [0.25, 0.3) is 0 Å². The van der Waals surface area contributed by atoms with Crippen molar-refractivity contribution in [1.82, 2.24) is 0 Å². The number of nitrogen functional groups attached to an aromatic ring is 1. The Morgan fingerprint density at radius 3 is 2.94 bits per heavy atom. The third-order valence-electron chi connectivity index (χ3n) is 2.24. The molecule has 0 saturated heterocycles. The van der Waals surface area contributed by atoms with Crippen LogP contribution in [0.3, 0.4) is 0 Å². The summed E-state index contributed by atoms with van der Waals surface area (Å²) >= 11 is 0. The summed E-state index contributed by atoms with van der Waals surface area (Å²) in [5.74, 6) is -0.353. The third kappa shape index (κ3) is 3.11. The number of benzene rings is 1.